The first-order valence-corrected chi connectivity index (χ1v) is 5.36. The van der Waals surface area contributed by atoms with Crippen molar-refractivity contribution in [2.24, 2.45) is 0 Å². The summed E-state index contributed by atoms with van der Waals surface area (Å²) in [5.41, 5.74) is 1.11. The molecule has 5 nitrogen and oxygen atoms in total. The van der Waals surface area contributed by atoms with Gasteiger partial charge >= 0.3 is 5.97 Å². The van der Waals surface area contributed by atoms with Crippen LogP contribution in [-0.4, -0.2) is 29.9 Å². The molecule has 0 spiro atoms. The first-order chi connectivity index (χ1) is 8.45. The third kappa shape index (κ3) is 3.41. The average Bonchev–Trinajstić information content (AvgIpc) is 2.31. The Hall–Kier alpha value is -2.17. The molecule has 0 aliphatic heterocycles. The van der Waals surface area contributed by atoms with Gasteiger partial charge in [-0.3, -0.25) is 0 Å². The number of hydrogen-bond acceptors (Lipinski definition) is 5. The molecule has 1 rings (SSSR count). The van der Waals surface area contributed by atoms with Crippen LogP contribution in [0.25, 0.3) is 0 Å². The van der Waals surface area contributed by atoms with Crippen molar-refractivity contribution in [3.05, 3.63) is 29.3 Å². The minimum atomic E-state index is -0.642. The highest BCUT2D eigenvalue weighted by Gasteiger charge is 2.15. The molecule has 0 aliphatic rings. The molecule has 18 heavy (non-hydrogen) atoms. The number of allylic oxidation sites excluding steroid dienone is 1. The molecule has 0 aromatic heterocycles. The molecule has 0 amide bonds. The molecule has 0 atom stereocenters. The summed E-state index contributed by atoms with van der Waals surface area (Å²) in [6.45, 7) is 4.04. The van der Waals surface area contributed by atoms with Gasteiger partial charge in [0.15, 0.2) is 11.5 Å². The number of ether oxygens (including phenoxy) is 2. The fourth-order valence-electron chi connectivity index (χ4n) is 1.27. The van der Waals surface area contributed by atoms with E-state index in [-0.39, 0.29) is 29.4 Å². The third-order valence-corrected chi connectivity index (χ3v) is 2.19. The number of rotatable bonds is 4. The predicted molar refractivity (Wildman–Crippen MR) is 66.0 cm³/mol. The maximum Gasteiger partial charge on any atom is 0.338 e. The Morgan fingerprint density at radius 3 is 2.28 bits per heavy atom. The van der Waals surface area contributed by atoms with E-state index >= 15 is 0 Å². The van der Waals surface area contributed by atoms with Crippen LogP contribution in [0.3, 0.4) is 0 Å². The number of carbonyl (C=O) groups excluding carboxylic acids is 1. The Kier molecular flexibility index (Phi) is 4.59. The minimum absolute atomic E-state index is 0.0554. The van der Waals surface area contributed by atoms with Crippen molar-refractivity contribution in [2.45, 2.75) is 13.8 Å². The molecular formula is C13H16O5. The Bertz CT molecular complexity index is 449. The topological polar surface area (TPSA) is 76.0 Å². The second-order valence-corrected chi connectivity index (χ2v) is 3.93. The minimum Gasteiger partial charge on any atom is -0.504 e. The maximum atomic E-state index is 11.2. The number of esters is 1. The molecule has 0 saturated carbocycles. The van der Waals surface area contributed by atoms with Crippen molar-refractivity contribution >= 4 is 5.97 Å². The highest BCUT2D eigenvalue weighted by atomic mass is 16.5. The number of aromatic hydroxyl groups is 2. The zero-order chi connectivity index (χ0) is 13.7. The van der Waals surface area contributed by atoms with Gasteiger partial charge in [-0.05, 0) is 32.1 Å². The van der Waals surface area contributed by atoms with Crippen molar-refractivity contribution in [3.63, 3.8) is 0 Å². The van der Waals surface area contributed by atoms with Crippen molar-refractivity contribution in [3.8, 4) is 17.2 Å². The van der Waals surface area contributed by atoms with Crippen molar-refractivity contribution in [1.82, 2.24) is 0 Å². The van der Waals surface area contributed by atoms with E-state index in [1.54, 1.807) is 6.08 Å². The standard InChI is InChI=1S/C13H16O5/c1-8(2)4-5-18-12-10(14)6-9(7-11(12)15)13(16)17-3/h4,6-7,14-15H,5H2,1-3H3. The summed E-state index contributed by atoms with van der Waals surface area (Å²) >= 11 is 0. The first kappa shape index (κ1) is 13.9. The lowest BCUT2D eigenvalue weighted by molar-refractivity contribution is 0.0599. The van der Waals surface area contributed by atoms with E-state index in [1.807, 2.05) is 13.8 Å². The summed E-state index contributed by atoms with van der Waals surface area (Å²) in [7, 11) is 1.22. The van der Waals surface area contributed by atoms with Gasteiger partial charge in [-0.2, -0.15) is 0 Å². The van der Waals surface area contributed by atoms with Gasteiger partial charge in [-0.15, -0.1) is 0 Å². The fraction of sp³-hybridized carbons (Fsp3) is 0.308. The molecular weight excluding hydrogens is 236 g/mol. The van der Waals surface area contributed by atoms with Gasteiger partial charge in [0.05, 0.1) is 12.7 Å². The molecule has 98 valence electrons. The third-order valence-electron chi connectivity index (χ3n) is 2.19. The van der Waals surface area contributed by atoms with E-state index in [4.69, 9.17) is 4.74 Å². The van der Waals surface area contributed by atoms with E-state index in [1.165, 1.54) is 19.2 Å². The maximum absolute atomic E-state index is 11.2. The summed E-state index contributed by atoms with van der Waals surface area (Å²) in [5, 5.41) is 19.3. The molecule has 0 bridgehead atoms. The zero-order valence-corrected chi connectivity index (χ0v) is 10.6. The van der Waals surface area contributed by atoms with Crippen LogP contribution >= 0.6 is 0 Å². The van der Waals surface area contributed by atoms with E-state index < -0.39 is 5.97 Å². The largest absolute Gasteiger partial charge is 0.504 e. The number of carbonyl (C=O) groups is 1. The molecule has 1 aromatic rings. The van der Waals surface area contributed by atoms with Gasteiger partial charge in [-0.1, -0.05) is 5.57 Å². The number of phenolic OH excluding ortho intramolecular Hbond substituents is 2. The highest BCUT2D eigenvalue weighted by Crippen LogP contribution is 2.37. The van der Waals surface area contributed by atoms with Gasteiger partial charge in [0.2, 0.25) is 5.75 Å². The Labute approximate surface area is 105 Å². The normalized spacial score (nSPS) is 9.72. The van der Waals surface area contributed by atoms with Crippen LogP contribution in [0.5, 0.6) is 17.2 Å². The Balaban J connectivity index is 2.94. The zero-order valence-electron chi connectivity index (χ0n) is 10.6. The molecule has 0 heterocycles. The molecule has 2 N–H and O–H groups in total. The smallest absolute Gasteiger partial charge is 0.338 e. The molecule has 0 unspecified atom stereocenters. The van der Waals surface area contributed by atoms with Crippen molar-refractivity contribution in [2.75, 3.05) is 13.7 Å². The first-order valence-electron chi connectivity index (χ1n) is 5.36. The van der Waals surface area contributed by atoms with Crippen LogP contribution < -0.4 is 4.74 Å². The lowest BCUT2D eigenvalue weighted by Crippen LogP contribution is -2.02. The number of benzene rings is 1. The molecule has 0 saturated heterocycles. The van der Waals surface area contributed by atoms with Gasteiger partial charge in [0.1, 0.15) is 6.61 Å². The van der Waals surface area contributed by atoms with E-state index in [0.717, 1.165) is 5.57 Å². The van der Waals surface area contributed by atoms with Gasteiger partial charge in [0, 0.05) is 0 Å². The second-order valence-electron chi connectivity index (χ2n) is 3.93. The number of hydrogen-bond donors (Lipinski definition) is 2. The van der Waals surface area contributed by atoms with Crippen LogP contribution in [0.15, 0.2) is 23.8 Å². The molecule has 0 fully saturated rings. The monoisotopic (exact) mass is 252 g/mol. The van der Waals surface area contributed by atoms with Crippen molar-refractivity contribution in [1.29, 1.82) is 0 Å². The van der Waals surface area contributed by atoms with Gasteiger partial charge in [0.25, 0.3) is 0 Å². The van der Waals surface area contributed by atoms with E-state index in [9.17, 15) is 15.0 Å². The lowest BCUT2D eigenvalue weighted by Gasteiger charge is -2.09. The van der Waals surface area contributed by atoms with Gasteiger partial charge in [-0.25, -0.2) is 4.79 Å². The average molecular weight is 252 g/mol. The lowest BCUT2D eigenvalue weighted by atomic mass is 10.2. The molecule has 5 heteroatoms. The number of phenols is 2. The van der Waals surface area contributed by atoms with Gasteiger partial charge < -0.3 is 19.7 Å². The molecule has 0 aliphatic carbocycles. The molecule has 1 aromatic carbocycles. The SMILES string of the molecule is COC(=O)c1cc(O)c(OCC=C(C)C)c(O)c1. The summed E-state index contributed by atoms with van der Waals surface area (Å²) in [4.78, 5) is 11.2. The predicted octanol–water partition coefficient (Wildman–Crippen LogP) is 2.23. The quantitative estimate of drug-likeness (QED) is 0.634. The van der Waals surface area contributed by atoms with Crippen molar-refractivity contribution < 1.29 is 24.5 Å². The highest BCUT2D eigenvalue weighted by molar-refractivity contribution is 5.91. The van der Waals surface area contributed by atoms with Crippen LogP contribution in [0.1, 0.15) is 24.2 Å². The fourth-order valence-corrected chi connectivity index (χ4v) is 1.27. The van der Waals surface area contributed by atoms with Crippen LogP contribution in [-0.2, 0) is 4.74 Å². The van der Waals surface area contributed by atoms with Crippen LogP contribution in [0.2, 0.25) is 0 Å². The van der Waals surface area contributed by atoms with Crippen LogP contribution in [0, 0.1) is 0 Å². The summed E-state index contributed by atoms with van der Waals surface area (Å²) in [6.07, 6.45) is 1.80. The summed E-state index contributed by atoms with van der Waals surface area (Å²) < 4.78 is 9.71. The Morgan fingerprint density at radius 2 is 1.83 bits per heavy atom. The second kappa shape index (κ2) is 5.95. The van der Waals surface area contributed by atoms with E-state index in [0.29, 0.717) is 0 Å². The number of methoxy groups -OCH3 is 1. The summed E-state index contributed by atoms with van der Waals surface area (Å²) in [6, 6.07) is 2.37. The van der Waals surface area contributed by atoms with E-state index in [2.05, 4.69) is 4.74 Å². The summed E-state index contributed by atoms with van der Waals surface area (Å²) in [5.74, 6) is -1.31. The van der Waals surface area contributed by atoms with Crippen LogP contribution in [0.4, 0.5) is 0 Å². The molecule has 0 radical (unpaired) electrons. The Morgan fingerprint density at radius 1 is 1.28 bits per heavy atom.